The zero-order valence-electron chi connectivity index (χ0n) is 24.3. The Morgan fingerprint density at radius 1 is 0.975 bits per heavy atom. The molecule has 0 saturated carbocycles. The Bertz CT molecular complexity index is 1490. The number of piperidine rings is 1. The van der Waals surface area contributed by atoms with Crippen molar-refractivity contribution < 1.29 is 9.90 Å². The number of rotatable bonds is 4. The Kier molecular flexibility index (Phi) is 7.56. The lowest BCUT2D eigenvalue weighted by Crippen LogP contribution is -2.37. The Hall–Kier alpha value is -3.17. The van der Waals surface area contributed by atoms with E-state index in [1.165, 1.54) is 11.3 Å². The lowest BCUT2D eigenvalue weighted by molar-refractivity contribution is 0.0717. The van der Waals surface area contributed by atoms with Gasteiger partial charge < -0.3 is 10.0 Å². The number of aryl methyl sites for hydroxylation is 1. The van der Waals surface area contributed by atoms with E-state index in [1.54, 1.807) is 29.9 Å². The molecule has 1 aromatic carbocycles. The molecule has 4 heterocycles. The Morgan fingerprint density at radius 3 is 2.20 bits per heavy atom. The molecule has 1 aliphatic rings. The van der Waals surface area contributed by atoms with Gasteiger partial charge in [0.05, 0.1) is 22.6 Å². The minimum absolute atomic E-state index is 0.0388. The average Bonchev–Trinajstić information content (AvgIpc) is 3.55. The zero-order valence-corrected chi connectivity index (χ0v) is 25.9. The number of hydrogen-bond acceptors (Lipinski definition) is 8. The van der Waals surface area contributed by atoms with Gasteiger partial charge in [0.25, 0.3) is 5.91 Å². The normalized spacial score (nSPS) is 15.0. The largest absolute Gasteiger partial charge is 0.507 e. The minimum atomic E-state index is -0.190. The summed E-state index contributed by atoms with van der Waals surface area (Å²) in [6, 6.07) is 4.19. The molecule has 0 bridgehead atoms. The molecule has 1 fully saturated rings. The van der Waals surface area contributed by atoms with Crippen molar-refractivity contribution in [3.05, 3.63) is 62.8 Å². The van der Waals surface area contributed by atoms with Crippen molar-refractivity contribution >= 4 is 28.6 Å². The van der Waals surface area contributed by atoms with Crippen LogP contribution < -0.4 is 0 Å². The number of phenolic OH excluding ortho intramolecular Hbond substituents is 1. The maximum Gasteiger partial charge on any atom is 0.265 e. The lowest BCUT2D eigenvalue weighted by atomic mass is 9.78. The fourth-order valence-electron chi connectivity index (χ4n) is 5.12. The van der Waals surface area contributed by atoms with Gasteiger partial charge in [-0.05, 0) is 42.7 Å². The lowest BCUT2D eigenvalue weighted by Gasteiger charge is -2.31. The molecule has 1 aliphatic heterocycles. The van der Waals surface area contributed by atoms with Crippen molar-refractivity contribution in [3.8, 4) is 27.7 Å². The number of likely N-dealkylation sites (tertiary alicyclic amines) is 1. The predicted molar refractivity (Wildman–Crippen MR) is 162 cm³/mol. The van der Waals surface area contributed by atoms with Crippen LogP contribution in [0.4, 0.5) is 0 Å². The molecule has 0 radical (unpaired) electrons. The summed E-state index contributed by atoms with van der Waals surface area (Å²) in [5.41, 5.74) is 4.92. The van der Waals surface area contributed by atoms with Gasteiger partial charge in [0.1, 0.15) is 21.3 Å². The van der Waals surface area contributed by atoms with Gasteiger partial charge in [0.2, 0.25) is 0 Å². The van der Waals surface area contributed by atoms with E-state index >= 15 is 0 Å². The maximum absolute atomic E-state index is 13.4. The topological polar surface area (TPSA) is 92.1 Å². The van der Waals surface area contributed by atoms with Crippen molar-refractivity contribution in [1.82, 2.24) is 24.8 Å². The van der Waals surface area contributed by atoms with Gasteiger partial charge in [-0.1, -0.05) is 41.5 Å². The molecule has 4 aromatic rings. The van der Waals surface area contributed by atoms with Gasteiger partial charge in [-0.3, -0.25) is 14.8 Å². The standard InChI is InChI=1S/C31H37N5O2S2/c1-18-26(40-28(34-18)23-16-32-10-11-33-23)29(38)36-12-8-19(9-13-36)27-35-24(17-39-27)20-14-21(30(2,3)4)25(37)22(15-20)31(5,6)7/h10-11,14-17,19,37H,8-9,12-13H2,1-7H3. The van der Waals surface area contributed by atoms with Crippen LogP contribution in [0.5, 0.6) is 5.75 Å². The van der Waals surface area contributed by atoms with Crippen molar-refractivity contribution in [2.45, 2.75) is 78.1 Å². The third-order valence-corrected chi connectivity index (χ3v) is 9.62. The average molecular weight is 576 g/mol. The molecule has 40 heavy (non-hydrogen) atoms. The van der Waals surface area contributed by atoms with Gasteiger partial charge >= 0.3 is 0 Å². The Balaban J connectivity index is 1.31. The molecule has 1 N–H and O–H groups in total. The first kappa shape index (κ1) is 28.4. The quantitative estimate of drug-likeness (QED) is 0.273. The van der Waals surface area contributed by atoms with E-state index in [-0.39, 0.29) is 16.7 Å². The summed E-state index contributed by atoms with van der Waals surface area (Å²) >= 11 is 3.08. The maximum atomic E-state index is 13.4. The van der Waals surface area contributed by atoms with Crippen LogP contribution in [-0.2, 0) is 10.8 Å². The summed E-state index contributed by atoms with van der Waals surface area (Å²) in [5, 5.41) is 15.1. The first-order valence-electron chi connectivity index (χ1n) is 13.7. The first-order valence-corrected chi connectivity index (χ1v) is 15.4. The fourth-order valence-corrected chi connectivity index (χ4v) is 7.12. The zero-order chi connectivity index (χ0) is 28.8. The van der Waals surface area contributed by atoms with Crippen LogP contribution in [-0.4, -0.2) is 48.9 Å². The third-order valence-electron chi connectivity index (χ3n) is 7.45. The van der Waals surface area contributed by atoms with Crippen molar-refractivity contribution in [1.29, 1.82) is 0 Å². The van der Waals surface area contributed by atoms with Crippen LogP contribution in [0.1, 0.15) is 91.8 Å². The summed E-state index contributed by atoms with van der Waals surface area (Å²) in [6.45, 7) is 16.0. The Morgan fingerprint density at radius 2 is 1.62 bits per heavy atom. The number of phenols is 1. The number of carbonyl (C=O) groups excluding carboxylic acids is 1. The van der Waals surface area contributed by atoms with Crippen LogP contribution >= 0.6 is 22.7 Å². The van der Waals surface area contributed by atoms with Crippen LogP contribution in [0.25, 0.3) is 22.0 Å². The molecule has 210 valence electrons. The highest BCUT2D eigenvalue weighted by atomic mass is 32.1. The fraction of sp³-hybridized carbons (Fsp3) is 0.452. The molecule has 0 unspecified atom stereocenters. The van der Waals surface area contributed by atoms with Gasteiger partial charge in [-0.2, -0.15) is 0 Å². The number of amides is 1. The molecule has 0 atom stereocenters. The van der Waals surface area contributed by atoms with Crippen molar-refractivity contribution in [2.24, 2.45) is 0 Å². The first-order chi connectivity index (χ1) is 18.8. The number of thiazole rings is 2. The number of hydrogen-bond donors (Lipinski definition) is 1. The molecular formula is C31H37N5O2S2. The molecule has 3 aromatic heterocycles. The van der Waals surface area contributed by atoms with E-state index in [1.807, 2.05) is 11.8 Å². The van der Waals surface area contributed by atoms with Gasteiger partial charge in [-0.15, -0.1) is 22.7 Å². The number of aromatic hydroxyl groups is 1. The highest BCUT2D eigenvalue weighted by molar-refractivity contribution is 7.17. The number of nitrogens with zero attached hydrogens (tertiary/aromatic N) is 5. The van der Waals surface area contributed by atoms with E-state index in [4.69, 9.17) is 4.98 Å². The molecule has 5 rings (SSSR count). The molecular weight excluding hydrogens is 539 g/mol. The molecule has 1 amide bonds. The van der Waals surface area contributed by atoms with Crippen molar-refractivity contribution in [2.75, 3.05) is 13.1 Å². The second kappa shape index (κ2) is 10.7. The van der Waals surface area contributed by atoms with Crippen LogP contribution in [0.15, 0.2) is 36.1 Å². The number of carbonyl (C=O) groups is 1. The third kappa shape index (κ3) is 5.67. The SMILES string of the molecule is Cc1nc(-c2cnccn2)sc1C(=O)N1CCC(c2nc(-c3cc(C(C)(C)C)c(O)c(C(C)(C)C)c3)cs2)CC1. The highest BCUT2D eigenvalue weighted by Gasteiger charge is 2.30. The minimum Gasteiger partial charge on any atom is -0.507 e. The smallest absolute Gasteiger partial charge is 0.265 e. The summed E-state index contributed by atoms with van der Waals surface area (Å²) in [7, 11) is 0. The predicted octanol–water partition coefficient (Wildman–Crippen LogP) is 7.35. The summed E-state index contributed by atoms with van der Waals surface area (Å²) in [4.78, 5) is 34.1. The molecule has 1 saturated heterocycles. The van der Waals surface area contributed by atoms with Gasteiger partial charge in [-0.25, -0.2) is 9.97 Å². The Labute approximate surface area is 244 Å². The van der Waals surface area contributed by atoms with E-state index < -0.39 is 0 Å². The summed E-state index contributed by atoms with van der Waals surface area (Å²) < 4.78 is 0. The summed E-state index contributed by atoms with van der Waals surface area (Å²) in [5.74, 6) is 0.745. The van der Waals surface area contributed by atoms with E-state index in [9.17, 15) is 9.90 Å². The molecule has 0 aliphatic carbocycles. The highest BCUT2D eigenvalue weighted by Crippen LogP contribution is 2.43. The van der Waals surface area contributed by atoms with E-state index in [0.29, 0.717) is 35.3 Å². The van der Waals surface area contributed by atoms with Crippen LogP contribution in [0, 0.1) is 6.92 Å². The number of benzene rings is 1. The van der Waals surface area contributed by atoms with Crippen LogP contribution in [0.3, 0.4) is 0 Å². The molecule has 7 nitrogen and oxygen atoms in total. The second-order valence-corrected chi connectivity index (χ2v) is 14.5. The van der Waals surface area contributed by atoms with E-state index in [0.717, 1.165) is 50.9 Å². The molecule has 9 heteroatoms. The van der Waals surface area contributed by atoms with Crippen molar-refractivity contribution in [3.63, 3.8) is 0 Å². The molecule has 0 spiro atoms. The second-order valence-electron chi connectivity index (χ2n) is 12.6. The number of aromatic nitrogens is 4. The summed E-state index contributed by atoms with van der Waals surface area (Å²) in [6.07, 6.45) is 6.69. The van der Waals surface area contributed by atoms with Gasteiger partial charge in [0.15, 0.2) is 0 Å². The van der Waals surface area contributed by atoms with E-state index in [2.05, 4.69) is 74.0 Å². The monoisotopic (exact) mass is 575 g/mol. The van der Waals surface area contributed by atoms with Crippen LogP contribution in [0.2, 0.25) is 0 Å². The van der Waals surface area contributed by atoms with Gasteiger partial charge in [0, 0.05) is 53.5 Å².